The molecule has 1 saturated heterocycles. The van der Waals surface area contributed by atoms with E-state index in [9.17, 15) is 0 Å². The first-order chi connectivity index (χ1) is 9.92. The summed E-state index contributed by atoms with van der Waals surface area (Å²) in [6.45, 7) is 12.0. The molecular weight excluding hydrogens is 262 g/mol. The van der Waals surface area contributed by atoms with Gasteiger partial charge in [0.15, 0.2) is 0 Å². The number of methoxy groups -OCH3 is 1. The van der Waals surface area contributed by atoms with Gasteiger partial charge in [-0.2, -0.15) is 0 Å². The van der Waals surface area contributed by atoms with Crippen molar-refractivity contribution in [2.45, 2.75) is 26.8 Å². The molecule has 0 amide bonds. The van der Waals surface area contributed by atoms with E-state index in [0.717, 1.165) is 38.5 Å². The third-order valence-electron chi connectivity index (χ3n) is 4.65. The van der Waals surface area contributed by atoms with E-state index in [0.29, 0.717) is 0 Å². The first-order valence-corrected chi connectivity index (χ1v) is 7.79. The van der Waals surface area contributed by atoms with Crippen LogP contribution in [0.1, 0.15) is 20.8 Å². The summed E-state index contributed by atoms with van der Waals surface area (Å²) >= 11 is 0. The van der Waals surface area contributed by atoms with E-state index in [2.05, 4.69) is 48.8 Å². The fourth-order valence-corrected chi connectivity index (χ4v) is 2.69. The Morgan fingerprint density at radius 3 is 2.48 bits per heavy atom. The molecule has 4 heteroatoms. The quantitative estimate of drug-likeness (QED) is 0.903. The number of benzene rings is 1. The van der Waals surface area contributed by atoms with Crippen LogP contribution in [0.25, 0.3) is 0 Å². The Kier molecular flexibility index (Phi) is 5.12. The lowest BCUT2D eigenvalue weighted by atomic mass is 9.85. The SMILES string of the molecule is COc1cccc(N2CCN(CC(C)(C)C(C)N)CC2)c1. The summed E-state index contributed by atoms with van der Waals surface area (Å²) in [7, 11) is 1.72. The summed E-state index contributed by atoms with van der Waals surface area (Å²) in [5, 5.41) is 0. The second-order valence-corrected chi connectivity index (χ2v) is 6.74. The lowest BCUT2D eigenvalue weighted by Crippen LogP contribution is -2.51. The van der Waals surface area contributed by atoms with Gasteiger partial charge in [0, 0.05) is 50.5 Å². The Morgan fingerprint density at radius 2 is 1.90 bits per heavy atom. The van der Waals surface area contributed by atoms with Gasteiger partial charge in [-0.1, -0.05) is 19.9 Å². The highest BCUT2D eigenvalue weighted by molar-refractivity contribution is 5.51. The van der Waals surface area contributed by atoms with Crippen LogP contribution < -0.4 is 15.4 Å². The third kappa shape index (κ3) is 4.11. The third-order valence-corrected chi connectivity index (χ3v) is 4.65. The minimum atomic E-state index is 0.165. The second-order valence-electron chi connectivity index (χ2n) is 6.74. The average Bonchev–Trinajstić information content (AvgIpc) is 2.47. The van der Waals surface area contributed by atoms with Gasteiger partial charge in [0.1, 0.15) is 5.75 Å². The van der Waals surface area contributed by atoms with Crippen LogP contribution in [0.4, 0.5) is 5.69 Å². The molecule has 2 rings (SSSR count). The summed E-state index contributed by atoms with van der Waals surface area (Å²) < 4.78 is 5.31. The molecule has 1 atom stereocenters. The molecule has 0 aliphatic carbocycles. The minimum Gasteiger partial charge on any atom is -0.497 e. The Bertz CT molecular complexity index is 451. The fraction of sp³-hybridized carbons (Fsp3) is 0.647. The number of nitrogens with zero attached hydrogens (tertiary/aromatic N) is 2. The fourth-order valence-electron chi connectivity index (χ4n) is 2.69. The van der Waals surface area contributed by atoms with Gasteiger partial charge < -0.3 is 15.4 Å². The van der Waals surface area contributed by atoms with E-state index in [1.807, 2.05) is 6.07 Å². The molecule has 1 aromatic rings. The first-order valence-electron chi connectivity index (χ1n) is 7.79. The van der Waals surface area contributed by atoms with Crippen molar-refractivity contribution < 1.29 is 4.74 Å². The van der Waals surface area contributed by atoms with Crippen molar-refractivity contribution in [1.82, 2.24) is 4.90 Å². The van der Waals surface area contributed by atoms with Crippen LogP contribution in [0.15, 0.2) is 24.3 Å². The van der Waals surface area contributed by atoms with Gasteiger partial charge in [0.2, 0.25) is 0 Å². The van der Waals surface area contributed by atoms with E-state index >= 15 is 0 Å². The molecule has 1 aliphatic rings. The zero-order valence-electron chi connectivity index (χ0n) is 13.8. The number of hydrogen-bond acceptors (Lipinski definition) is 4. The lowest BCUT2D eigenvalue weighted by molar-refractivity contribution is 0.151. The maximum atomic E-state index is 6.09. The monoisotopic (exact) mass is 291 g/mol. The zero-order chi connectivity index (χ0) is 15.5. The van der Waals surface area contributed by atoms with E-state index in [1.54, 1.807) is 7.11 Å². The Labute approximate surface area is 128 Å². The van der Waals surface area contributed by atoms with Crippen LogP contribution in [-0.4, -0.2) is 50.8 Å². The van der Waals surface area contributed by atoms with Gasteiger partial charge in [-0.05, 0) is 24.5 Å². The van der Waals surface area contributed by atoms with Crippen LogP contribution in [0, 0.1) is 5.41 Å². The van der Waals surface area contributed by atoms with Crippen molar-refractivity contribution in [3.63, 3.8) is 0 Å². The number of anilines is 1. The van der Waals surface area contributed by atoms with Crippen molar-refractivity contribution >= 4 is 5.69 Å². The molecule has 2 N–H and O–H groups in total. The maximum absolute atomic E-state index is 6.09. The van der Waals surface area contributed by atoms with Gasteiger partial charge >= 0.3 is 0 Å². The van der Waals surface area contributed by atoms with Crippen LogP contribution in [0.3, 0.4) is 0 Å². The Balaban J connectivity index is 1.91. The smallest absolute Gasteiger partial charge is 0.120 e. The number of piperazine rings is 1. The minimum absolute atomic E-state index is 0.165. The highest BCUT2D eigenvalue weighted by Gasteiger charge is 2.27. The zero-order valence-corrected chi connectivity index (χ0v) is 13.8. The van der Waals surface area contributed by atoms with Gasteiger partial charge in [-0.3, -0.25) is 4.90 Å². The standard InChI is InChI=1S/C17H29N3O/c1-14(18)17(2,3)13-19-8-10-20(11-9-19)15-6-5-7-16(12-15)21-4/h5-7,12,14H,8-11,13,18H2,1-4H3. The summed E-state index contributed by atoms with van der Waals surface area (Å²) in [6, 6.07) is 8.53. The molecule has 118 valence electrons. The molecule has 1 aromatic carbocycles. The largest absolute Gasteiger partial charge is 0.497 e. The van der Waals surface area contributed by atoms with Crippen molar-refractivity contribution in [2.75, 3.05) is 44.7 Å². The van der Waals surface area contributed by atoms with Crippen LogP contribution in [0.5, 0.6) is 5.75 Å². The molecule has 1 unspecified atom stereocenters. The summed E-state index contributed by atoms with van der Waals surface area (Å²) in [6.07, 6.45) is 0. The topological polar surface area (TPSA) is 41.7 Å². The highest BCUT2D eigenvalue weighted by Crippen LogP contribution is 2.24. The molecule has 4 nitrogen and oxygen atoms in total. The molecule has 1 aliphatic heterocycles. The van der Waals surface area contributed by atoms with Crippen LogP contribution in [-0.2, 0) is 0 Å². The first kappa shape index (κ1) is 16.1. The van der Waals surface area contributed by atoms with Crippen molar-refractivity contribution in [1.29, 1.82) is 0 Å². The molecular formula is C17H29N3O. The maximum Gasteiger partial charge on any atom is 0.120 e. The molecule has 21 heavy (non-hydrogen) atoms. The van der Waals surface area contributed by atoms with Gasteiger partial charge in [0.25, 0.3) is 0 Å². The van der Waals surface area contributed by atoms with Gasteiger partial charge in [-0.15, -0.1) is 0 Å². The molecule has 0 aromatic heterocycles. The summed E-state index contributed by atoms with van der Waals surface area (Å²) in [4.78, 5) is 4.96. The Hall–Kier alpha value is -1.26. The number of nitrogens with two attached hydrogens (primary N) is 1. The summed E-state index contributed by atoms with van der Waals surface area (Å²) in [5.41, 5.74) is 7.50. The average molecular weight is 291 g/mol. The normalized spacial score (nSPS) is 18.6. The van der Waals surface area contributed by atoms with Crippen molar-refractivity contribution in [3.8, 4) is 5.75 Å². The van der Waals surface area contributed by atoms with E-state index < -0.39 is 0 Å². The summed E-state index contributed by atoms with van der Waals surface area (Å²) in [5.74, 6) is 0.924. The molecule has 0 radical (unpaired) electrons. The number of hydrogen-bond donors (Lipinski definition) is 1. The number of rotatable bonds is 5. The molecule has 1 heterocycles. The molecule has 0 saturated carbocycles. The molecule has 0 bridgehead atoms. The van der Waals surface area contributed by atoms with Gasteiger partial charge in [-0.25, -0.2) is 0 Å². The highest BCUT2D eigenvalue weighted by atomic mass is 16.5. The lowest BCUT2D eigenvalue weighted by Gasteiger charge is -2.41. The van der Waals surface area contributed by atoms with Crippen molar-refractivity contribution in [2.24, 2.45) is 11.1 Å². The predicted molar refractivity (Wildman–Crippen MR) is 89.1 cm³/mol. The van der Waals surface area contributed by atoms with E-state index in [-0.39, 0.29) is 11.5 Å². The van der Waals surface area contributed by atoms with Crippen LogP contribution in [0.2, 0.25) is 0 Å². The van der Waals surface area contributed by atoms with E-state index in [1.165, 1.54) is 5.69 Å². The second kappa shape index (κ2) is 6.67. The predicted octanol–water partition coefficient (Wildman–Crippen LogP) is 2.19. The van der Waals surface area contributed by atoms with Crippen molar-refractivity contribution in [3.05, 3.63) is 24.3 Å². The van der Waals surface area contributed by atoms with Gasteiger partial charge in [0.05, 0.1) is 7.11 Å². The van der Waals surface area contributed by atoms with Crippen LogP contribution >= 0.6 is 0 Å². The Morgan fingerprint density at radius 1 is 1.24 bits per heavy atom. The molecule has 0 spiro atoms. The van der Waals surface area contributed by atoms with E-state index in [4.69, 9.17) is 10.5 Å². The number of ether oxygens (including phenoxy) is 1. The molecule has 1 fully saturated rings.